The van der Waals surface area contributed by atoms with E-state index in [1.807, 2.05) is 45.0 Å². The van der Waals surface area contributed by atoms with Crippen molar-refractivity contribution in [3.63, 3.8) is 0 Å². The molecule has 152 valence electrons. The first-order valence-corrected chi connectivity index (χ1v) is 9.27. The lowest BCUT2D eigenvalue weighted by Gasteiger charge is -2.27. The molecule has 0 radical (unpaired) electrons. The number of aromatic nitrogens is 2. The highest BCUT2D eigenvalue weighted by Gasteiger charge is 2.22. The number of amides is 1. The Bertz CT molecular complexity index is 1050. The van der Waals surface area contributed by atoms with Crippen LogP contribution in [-0.4, -0.2) is 28.5 Å². The van der Waals surface area contributed by atoms with Crippen LogP contribution in [0.1, 0.15) is 31.1 Å². The second-order valence-electron chi connectivity index (χ2n) is 7.97. The van der Waals surface area contributed by atoms with E-state index in [1.54, 1.807) is 12.3 Å². The quantitative estimate of drug-likeness (QED) is 0.507. The van der Waals surface area contributed by atoms with Crippen molar-refractivity contribution < 1.29 is 9.18 Å². The summed E-state index contributed by atoms with van der Waals surface area (Å²) in [6.07, 6.45) is 1.71. The molecule has 1 amide bonds. The first kappa shape index (κ1) is 20.5. The van der Waals surface area contributed by atoms with E-state index in [4.69, 9.17) is 11.5 Å². The van der Waals surface area contributed by atoms with Gasteiger partial charge in [0.25, 0.3) is 5.91 Å². The van der Waals surface area contributed by atoms with Gasteiger partial charge in [-0.25, -0.2) is 9.37 Å². The largest absolute Gasteiger partial charge is 0.366 e. The zero-order valence-corrected chi connectivity index (χ0v) is 16.7. The number of rotatable bonds is 6. The summed E-state index contributed by atoms with van der Waals surface area (Å²) in [5.41, 5.74) is 12.9. The van der Waals surface area contributed by atoms with Gasteiger partial charge in [-0.2, -0.15) is 0 Å². The van der Waals surface area contributed by atoms with Crippen LogP contribution in [0.25, 0.3) is 10.9 Å². The number of nitrogens with two attached hydrogens (primary N) is 2. The summed E-state index contributed by atoms with van der Waals surface area (Å²) in [7, 11) is 0. The minimum atomic E-state index is -0.778. The predicted molar refractivity (Wildman–Crippen MR) is 114 cm³/mol. The number of nitrogens with one attached hydrogen (secondary N) is 2. The first-order valence-electron chi connectivity index (χ1n) is 9.27. The lowest BCUT2D eigenvalue weighted by molar-refractivity contribution is 0.100. The SMILES string of the molecule is CC(C)(C)C(N)CNc1nc(Nc2ccc3ncccc3c2)c(C(N)=O)cc1F. The minimum Gasteiger partial charge on any atom is -0.366 e. The van der Waals surface area contributed by atoms with E-state index in [-0.39, 0.29) is 28.7 Å². The van der Waals surface area contributed by atoms with E-state index in [0.717, 1.165) is 17.0 Å². The van der Waals surface area contributed by atoms with E-state index in [1.165, 1.54) is 0 Å². The summed E-state index contributed by atoms with van der Waals surface area (Å²) in [4.78, 5) is 20.3. The fraction of sp³-hybridized carbons (Fsp3) is 0.286. The number of halogens is 1. The summed E-state index contributed by atoms with van der Waals surface area (Å²) in [6, 6.07) is 10.1. The standard InChI is InChI=1S/C21H25FN6O/c1-21(2,3)17(23)11-26-20-15(22)10-14(18(24)29)19(28-20)27-13-6-7-16-12(9-13)5-4-8-25-16/h4-10,17H,11,23H2,1-3H3,(H2,24,29)(H2,26,27,28). The van der Waals surface area contributed by atoms with Crippen molar-refractivity contribution in [1.29, 1.82) is 0 Å². The van der Waals surface area contributed by atoms with Crippen molar-refractivity contribution in [2.24, 2.45) is 16.9 Å². The molecular weight excluding hydrogens is 371 g/mol. The monoisotopic (exact) mass is 396 g/mol. The summed E-state index contributed by atoms with van der Waals surface area (Å²) in [5.74, 6) is -1.29. The van der Waals surface area contributed by atoms with Gasteiger partial charge in [0.05, 0.1) is 11.1 Å². The molecule has 0 aliphatic rings. The molecular formula is C21H25FN6O. The molecule has 2 aromatic heterocycles. The van der Waals surface area contributed by atoms with Gasteiger partial charge in [0.2, 0.25) is 0 Å². The Labute approximate surface area is 168 Å². The summed E-state index contributed by atoms with van der Waals surface area (Å²) < 4.78 is 14.5. The summed E-state index contributed by atoms with van der Waals surface area (Å²) in [6.45, 7) is 6.33. The Morgan fingerprint density at radius 2 is 1.97 bits per heavy atom. The summed E-state index contributed by atoms with van der Waals surface area (Å²) >= 11 is 0. The molecule has 0 saturated heterocycles. The van der Waals surface area contributed by atoms with Crippen LogP contribution >= 0.6 is 0 Å². The van der Waals surface area contributed by atoms with Crippen LogP contribution in [0.5, 0.6) is 0 Å². The highest BCUT2D eigenvalue weighted by atomic mass is 19.1. The van der Waals surface area contributed by atoms with Crippen molar-refractivity contribution in [3.05, 3.63) is 54.0 Å². The second-order valence-corrected chi connectivity index (χ2v) is 7.97. The third-order valence-corrected chi connectivity index (χ3v) is 4.71. The number of carbonyl (C=O) groups is 1. The average molecular weight is 396 g/mol. The molecule has 29 heavy (non-hydrogen) atoms. The third-order valence-electron chi connectivity index (χ3n) is 4.71. The van der Waals surface area contributed by atoms with Crippen LogP contribution in [0.4, 0.5) is 21.7 Å². The summed E-state index contributed by atoms with van der Waals surface area (Å²) in [5, 5.41) is 6.89. The fourth-order valence-electron chi connectivity index (χ4n) is 2.70. The maximum Gasteiger partial charge on any atom is 0.252 e. The van der Waals surface area contributed by atoms with E-state index in [2.05, 4.69) is 20.6 Å². The van der Waals surface area contributed by atoms with Crippen molar-refractivity contribution in [2.75, 3.05) is 17.2 Å². The lowest BCUT2D eigenvalue weighted by Crippen LogP contribution is -2.41. The second kappa shape index (κ2) is 8.00. The molecule has 0 bridgehead atoms. The fourth-order valence-corrected chi connectivity index (χ4v) is 2.70. The van der Waals surface area contributed by atoms with Gasteiger partial charge in [-0.1, -0.05) is 26.8 Å². The van der Waals surface area contributed by atoms with Crippen LogP contribution in [0.2, 0.25) is 0 Å². The molecule has 0 aliphatic carbocycles. The van der Waals surface area contributed by atoms with Crippen molar-refractivity contribution in [3.8, 4) is 0 Å². The topological polar surface area (TPSA) is 119 Å². The Morgan fingerprint density at radius 3 is 2.66 bits per heavy atom. The van der Waals surface area contributed by atoms with Gasteiger partial charge in [-0.05, 0) is 35.7 Å². The number of pyridine rings is 2. The molecule has 0 fully saturated rings. The number of hydrogen-bond donors (Lipinski definition) is 4. The molecule has 0 saturated carbocycles. The van der Waals surface area contributed by atoms with Crippen molar-refractivity contribution >= 4 is 34.1 Å². The Kier molecular flexibility index (Phi) is 5.65. The average Bonchev–Trinajstić information content (AvgIpc) is 2.66. The highest BCUT2D eigenvalue weighted by Crippen LogP contribution is 2.26. The molecule has 1 unspecified atom stereocenters. The lowest BCUT2D eigenvalue weighted by atomic mass is 9.87. The number of hydrogen-bond acceptors (Lipinski definition) is 6. The number of nitrogens with zero attached hydrogens (tertiary/aromatic N) is 2. The molecule has 3 aromatic rings. The van der Waals surface area contributed by atoms with Gasteiger partial charge in [0.15, 0.2) is 11.6 Å². The van der Waals surface area contributed by atoms with Crippen LogP contribution in [0.15, 0.2) is 42.6 Å². The van der Waals surface area contributed by atoms with E-state index >= 15 is 0 Å². The predicted octanol–water partition coefficient (Wildman–Crippen LogP) is 3.40. The number of primary amides is 1. The number of benzene rings is 1. The minimum absolute atomic E-state index is 0.000319. The maximum absolute atomic E-state index is 14.5. The highest BCUT2D eigenvalue weighted by molar-refractivity contribution is 5.99. The zero-order chi connectivity index (χ0) is 21.2. The number of fused-ring (bicyclic) bond motifs is 1. The Balaban J connectivity index is 1.91. The van der Waals surface area contributed by atoms with Gasteiger partial charge < -0.3 is 22.1 Å². The molecule has 8 heteroatoms. The van der Waals surface area contributed by atoms with E-state index in [0.29, 0.717) is 12.2 Å². The Morgan fingerprint density at radius 1 is 1.21 bits per heavy atom. The molecule has 1 aromatic carbocycles. The van der Waals surface area contributed by atoms with Gasteiger partial charge >= 0.3 is 0 Å². The molecule has 7 nitrogen and oxygen atoms in total. The zero-order valence-electron chi connectivity index (χ0n) is 16.7. The first-order chi connectivity index (χ1) is 13.6. The van der Waals surface area contributed by atoms with Gasteiger partial charge in [-0.3, -0.25) is 9.78 Å². The number of anilines is 3. The number of carbonyl (C=O) groups excluding carboxylic acids is 1. The third kappa shape index (κ3) is 4.78. The smallest absolute Gasteiger partial charge is 0.252 e. The van der Waals surface area contributed by atoms with Crippen LogP contribution < -0.4 is 22.1 Å². The normalized spacial score (nSPS) is 12.6. The van der Waals surface area contributed by atoms with E-state index < -0.39 is 11.7 Å². The molecule has 3 rings (SSSR count). The van der Waals surface area contributed by atoms with Crippen LogP contribution in [0, 0.1) is 11.2 Å². The van der Waals surface area contributed by atoms with Gasteiger partial charge in [0.1, 0.15) is 5.82 Å². The Hall–Kier alpha value is -3.26. The molecule has 6 N–H and O–H groups in total. The van der Waals surface area contributed by atoms with Crippen molar-refractivity contribution in [1.82, 2.24) is 9.97 Å². The molecule has 0 aliphatic heterocycles. The van der Waals surface area contributed by atoms with Gasteiger partial charge in [-0.15, -0.1) is 0 Å². The molecule has 2 heterocycles. The molecule has 0 spiro atoms. The van der Waals surface area contributed by atoms with Crippen LogP contribution in [0.3, 0.4) is 0 Å². The van der Waals surface area contributed by atoms with Crippen molar-refractivity contribution in [2.45, 2.75) is 26.8 Å². The molecule has 1 atom stereocenters. The van der Waals surface area contributed by atoms with Crippen LogP contribution in [-0.2, 0) is 0 Å². The maximum atomic E-state index is 14.5. The van der Waals surface area contributed by atoms with E-state index in [9.17, 15) is 9.18 Å². The van der Waals surface area contributed by atoms with Gasteiger partial charge in [0, 0.05) is 29.9 Å².